The molecule has 0 aliphatic rings. The normalized spacial score (nSPS) is 10.8. The van der Waals surface area contributed by atoms with E-state index in [1.807, 2.05) is 13.8 Å². The van der Waals surface area contributed by atoms with E-state index in [9.17, 15) is 4.79 Å². The van der Waals surface area contributed by atoms with E-state index in [-0.39, 0.29) is 0 Å². The van der Waals surface area contributed by atoms with Crippen molar-refractivity contribution in [1.29, 1.82) is 0 Å². The van der Waals surface area contributed by atoms with Gasteiger partial charge in [-0.1, -0.05) is 29.6 Å². The fraction of sp³-hybridized carbons (Fsp3) is 0.308. The highest BCUT2D eigenvalue weighted by molar-refractivity contribution is 8.00. The van der Waals surface area contributed by atoms with E-state index in [4.69, 9.17) is 4.42 Å². The van der Waals surface area contributed by atoms with Gasteiger partial charge in [0.15, 0.2) is 5.13 Å². The Bertz CT molecular complexity index is 827. The Morgan fingerprint density at radius 1 is 1.21 bits per heavy atom. The van der Waals surface area contributed by atoms with Crippen LogP contribution in [0.25, 0.3) is 0 Å². The van der Waals surface area contributed by atoms with Crippen LogP contribution in [0.1, 0.15) is 23.6 Å². The van der Waals surface area contributed by atoms with Crippen LogP contribution in [-0.2, 0) is 12.2 Å². The first-order chi connectivity index (χ1) is 11.6. The smallest absolute Gasteiger partial charge is 0.327 e. The Kier molecular flexibility index (Phi) is 5.43. The molecule has 2 N–H and O–H groups in total. The molecule has 0 radical (unpaired) electrons. The SMILES string of the molecule is CCc1cnc(CSc2cnc(NC(=O)Nc3nnc(C)s3)s2)o1. The second-order valence-electron chi connectivity index (χ2n) is 4.55. The second-order valence-corrected chi connectivity index (χ2v) is 8.04. The highest BCUT2D eigenvalue weighted by Crippen LogP contribution is 2.30. The first-order valence-electron chi connectivity index (χ1n) is 7.02. The van der Waals surface area contributed by atoms with Crippen molar-refractivity contribution < 1.29 is 9.21 Å². The summed E-state index contributed by atoms with van der Waals surface area (Å²) in [5.41, 5.74) is 0. The molecule has 0 fully saturated rings. The number of thiazole rings is 1. The fourth-order valence-corrected chi connectivity index (χ4v) is 3.98. The molecule has 2 amide bonds. The van der Waals surface area contributed by atoms with E-state index in [1.165, 1.54) is 22.7 Å². The fourth-order valence-electron chi connectivity index (χ4n) is 1.67. The lowest BCUT2D eigenvalue weighted by atomic mass is 10.4. The zero-order valence-corrected chi connectivity index (χ0v) is 15.3. The highest BCUT2D eigenvalue weighted by atomic mass is 32.2. The maximum Gasteiger partial charge on any atom is 0.327 e. The number of nitrogens with one attached hydrogen (secondary N) is 2. The molecule has 0 saturated heterocycles. The third-order valence-corrected chi connectivity index (χ3v) is 5.59. The predicted molar refractivity (Wildman–Crippen MR) is 94.8 cm³/mol. The molecule has 3 heterocycles. The third kappa shape index (κ3) is 4.52. The number of nitrogens with zero attached hydrogens (tertiary/aromatic N) is 4. The van der Waals surface area contributed by atoms with Gasteiger partial charge in [-0.3, -0.25) is 10.6 Å². The number of aromatic nitrogens is 4. The molecule has 0 saturated carbocycles. The molecule has 24 heavy (non-hydrogen) atoms. The van der Waals surface area contributed by atoms with Crippen LogP contribution in [0.3, 0.4) is 0 Å². The number of hydrogen-bond donors (Lipinski definition) is 2. The van der Waals surface area contributed by atoms with E-state index in [2.05, 4.69) is 30.8 Å². The maximum absolute atomic E-state index is 11.9. The van der Waals surface area contributed by atoms with E-state index in [0.717, 1.165) is 21.4 Å². The molecule has 0 bridgehead atoms. The summed E-state index contributed by atoms with van der Waals surface area (Å²) in [6, 6.07) is -0.391. The van der Waals surface area contributed by atoms with Gasteiger partial charge >= 0.3 is 6.03 Å². The van der Waals surface area contributed by atoms with Gasteiger partial charge in [0, 0.05) is 6.42 Å². The van der Waals surface area contributed by atoms with Crippen molar-refractivity contribution in [2.24, 2.45) is 0 Å². The lowest BCUT2D eigenvalue weighted by molar-refractivity contribution is 0.262. The number of oxazole rings is 1. The number of rotatable bonds is 6. The van der Waals surface area contributed by atoms with Gasteiger partial charge in [0.2, 0.25) is 11.0 Å². The zero-order chi connectivity index (χ0) is 16.9. The first-order valence-corrected chi connectivity index (χ1v) is 9.64. The molecule has 0 aliphatic carbocycles. The van der Waals surface area contributed by atoms with E-state index in [1.54, 1.807) is 24.2 Å². The number of hydrogen-bond acceptors (Lipinski definition) is 9. The van der Waals surface area contributed by atoms with Crippen molar-refractivity contribution >= 4 is 50.7 Å². The number of carbonyl (C=O) groups is 1. The summed E-state index contributed by atoms with van der Waals surface area (Å²) in [6.45, 7) is 3.84. The van der Waals surface area contributed by atoms with E-state index in [0.29, 0.717) is 21.9 Å². The Morgan fingerprint density at radius 2 is 2.04 bits per heavy atom. The number of urea groups is 1. The van der Waals surface area contributed by atoms with Gasteiger partial charge in [-0.25, -0.2) is 14.8 Å². The van der Waals surface area contributed by atoms with Crippen LogP contribution in [0.15, 0.2) is 21.0 Å². The minimum absolute atomic E-state index is 0.391. The van der Waals surface area contributed by atoms with Crippen molar-refractivity contribution in [3.05, 3.63) is 29.1 Å². The minimum atomic E-state index is -0.391. The van der Waals surface area contributed by atoms with Crippen molar-refractivity contribution in [2.75, 3.05) is 10.6 Å². The van der Waals surface area contributed by atoms with Gasteiger partial charge in [-0.15, -0.1) is 22.0 Å². The number of thioether (sulfide) groups is 1. The highest BCUT2D eigenvalue weighted by Gasteiger charge is 2.10. The average molecular weight is 382 g/mol. The van der Waals surface area contributed by atoms with Crippen molar-refractivity contribution in [3.63, 3.8) is 0 Å². The van der Waals surface area contributed by atoms with Gasteiger partial charge in [0.05, 0.1) is 22.4 Å². The molecule has 126 valence electrons. The topological polar surface area (TPSA) is 106 Å². The van der Waals surface area contributed by atoms with Crippen LogP contribution in [0, 0.1) is 6.92 Å². The molecule has 0 unspecified atom stereocenters. The number of anilines is 2. The summed E-state index contributed by atoms with van der Waals surface area (Å²) >= 11 is 4.26. The van der Waals surface area contributed by atoms with Gasteiger partial charge in [0.1, 0.15) is 10.8 Å². The molecule has 0 spiro atoms. The quantitative estimate of drug-likeness (QED) is 0.625. The van der Waals surface area contributed by atoms with E-state index >= 15 is 0 Å². The number of carbonyl (C=O) groups excluding carboxylic acids is 1. The largest absolute Gasteiger partial charge is 0.445 e. The van der Waals surface area contributed by atoms with Crippen molar-refractivity contribution in [2.45, 2.75) is 30.2 Å². The van der Waals surface area contributed by atoms with Gasteiger partial charge in [0.25, 0.3) is 0 Å². The summed E-state index contributed by atoms with van der Waals surface area (Å²) in [6.07, 6.45) is 4.29. The molecule has 3 aromatic heterocycles. The Balaban J connectivity index is 1.50. The predicted octanol–water partition coefficient (Wildman–Crippen LogP) is 3.79. The zero-order valence-electron chi connectivity index (χ0n) is 12.9. The van der Waals surface area contributed by atoms with Crippen LogP contribution in [0.5, 0.6) is 0 Å². The monoisotopic (exact) mass is 382 g/mol. The first kappa shape index (κ1) is 16.9. The second kappa shape index (κ2) is 7.73. The summed E-state index contributed by atoms with van der Waals surface area (Å²) < 4.78 is 6.52. The van der Waals surface area contributed by atoms with E-state index < -0.39 is 6.03 Å². The van der Waals surface area contributed by atoms with Crippen LogP contribution in [0.4, 0.5) is 15.1 Å². The van der Waals surface area contributed by atoms with Crippen LogP contribution >= 0.6 is 34.4 Å². The average Bonchev–Trinajstić information content (AvgIpc) is 3.27. The van der Waals surface area contributed by atoms with Gasteiger partial charge in [-0.05, 0) is 6.92 Å². The molecule has 0 aliphatic heterocycles. The Morgan fingerprint density at radius 3 is 2.75 bits per heavy atom. The molecular weight excluding hydrogens is 368 g/mol. The van der Waals surface area contributed by atoms with Crippen LogP contribution in [0.2, 0.25) is 0 Å². The van der Waals surface area contributed by atoms with Gasteiger partial charge in [-0.2, -0.15) is 0 Å². The minimum Gasteiger partial charge on any atom is -0.445 e. The molecule has 0 atom stereocenters. The maximum atomic E-state index is 11.9. The van der Waals surface area contributed by atoms with Crippen LogP contribution < -0.4 is 10.6 Å². The van der Waals surface area contributed by atoms with Crippen molar-refractivity contribution in [1.82, 2.24) is 20.2 Å². The standard InChI is InChI=1S/C13H14N6O2S3/c1-3-8-4-14-9(21-8)6-22-10-5-15-12(24-10)16-11(20)17-13-19-18-7(2)23-13/h4-5H,3,6H2,1-2H3,(H2,15,16,17,19,20). The summed E-state index contributed by atoms with van der Waals surface area (Å²) in [5, 5.41) is 14.7. The third-order valence-electron chi connectivity index (χ3n) is 2.74. The molecule has 0 aromatic carbocycles. The Labute approximate surface area is 150 Å². The molecule has 3 aromatic rings. The molecule has 3 rings (SSSR count). The number of aryl methyl sites for hydroxylation is 2. The van der Waals surface area contributed by atoms with Crippen molar-refractivity contribution in [3.8, 4) is 0 Å². The lowest BCUT2D eigenvalue weighted by Gasteiger charge is -2.00. The summed E-state index contributed by atoms with van der Waals surface area (Å²) in [5.74, 6) is 2.18. The number of amides is 2. The van der Waals surface area contributed by atoms with Crippen LogP contribution in [-0.4, -0.2) is 26.2 Å². The van der Waals surface area contributed by atoms with Gasteiger partial charge < -0.3 is 4.42 Å². The Hall–Kier alpha value is -1.98. The summed E-state index contributed by atoms with van der Waals surface area (Å²) in [7, 11) is 0. The summed E-state index contributed by atoms with van der Waals surface area (Å²) in [4.78, 5) is 20.3. The molecule has 11 heteroatoms. The molecular formula is C13H14N6O2S3. The lowest BCUT2D eigenvalue weighted by Crippen LogP contribution is -2.19. The molecule has 8 nitrogen and oxygen atoms in total.